The number of anilines is 1. The molecule has 0 saturated heterocycles. The Bertz CT molecular complexity index is 736. The van der Waals surface area contributed by atoms with E-state index in [-0.39, 0.29) is 24.8 Å². The van der Waals surface area contributed by atoms with Gasteiger partial charge in [0.25, 0.3) is 0 Å². The number of hydrogen-bond acceptors (Lipinski definition) is 4. The molecular weight excluding hydrogens is 304 g/mol. The average Bonchev–Trinajstić information content (AvgIpc) is 2.61. The van der Waals surface area contributed by atoms with E-state index in [4.69, 9.17) is 5.26 Å². The zero-order chi connectivity index (χ0) is 17.4. The monoisotopic (exact) mass is 322 g/mol. The third-order valence-corrected chi connectivity index (χ3v) is 3.44. The van der Waals surface area contributed by atoms with Crippen LogP contribution in [-0.2, 0) is 16.1 Å². The first-order valence-electron chi connectivity index (χ1n) is 7.55. The van der Waals surface area contributed by atoms with E-state index in [1.807, 2.05) is 24.3 Å². The van der Waals surface area contributed by atoms with Crippen LogP contribution >= 0.6 is 0 Å². The van der Waals surface area contributed by atoms with Gasteiger partial charge in [0.2, 0.25) is 11.8 Å². The average molecular weight is 322 g/mol. The highest BCUT2D eigenvalue weighted by molar-refractivity contribution is 5.92. The summed E-state index contributed by atoms with van der Waals surface area (Å²) in [6.07, 6.45) is 1.86. The van der Waals surface area contributed by atoms with Crippen molar-refractivity contribution in [3.05, 3.63) is 59.9 Å². The molecule has 0 aliphatic rings. The number of aromatic nitrogens is 1. The first-order valence-corrected chi connectivity index (χ1v) is 7.55. The minimum Gasteiger partial charge on any atom is -0.350 e. The molecule has 0 unspecified atom stereocenters. The van der Waals surface area contributed by atoms with Crippen LogP contribution in [0.15, 0.2) is 48.7 Å². The Kier molecular flexibility index (Phi) is 6.03. The minimum absolute atomic E-state index is 0.152. The molecule has 6 nitrogen and oxygen atoms in total. The number of carbonyl (C=O) groups excluding carboxylic acids is 2. The number of nitrogens with one attached hydrogen (secondary N) is 1. The largest absolute Gasteiger partial charge is 0.350 e. The van der Waals surface area contributed by atoms with Crippen LogP contribution in [-0.4, -0.2) is 23.3 Å². The van der Waals surface area contributed by atoms with Crippen molar-refractivity contribution in [3.63, 3.8) is 0 Å². The third-order valence-electron chi connectivity index (χ3n) is 3.44. The molecule has 2 amide bonds. The lowest BCUT2D eigenvalue weighted by molar-refractivity contribution is -0.121. The molecule has 1 aromatic carbocycles. The molecule has 0 fully saturated rings. The van der Waals surface area contributed by atoms with Crippen LogP contribution in [0.3, 0.4) is 0 Å². The molecule has 1 heterocycles. The summed E-state index contributed by atoms with van der Waals surface area (Å²) in [7, 11) is 0. The van der Waals surface area contributed by atoms with Gasteiger partial charge in [0.15, 0.2) is 0 Å². The second-order valence-corrected chi connectivity index (χ2v) is 5.18. The molecule has 0 bridgehead atoms. The van der Waals surface area contributed by atoms with E-state index in [1.165, 1.54) is 11.8 Å². The summed E-state index contributed by atoms with van der Waals surface area (Å²) in [4.78, 5) is 29.4. The molecule has 6 heteroatoms. The van der Waals surface area contributed by atoms with Crippen LogP contribution in [0.4, 0.5) is 5.69 Å². The van der Waals surface area contributed by atoms with Gasteiger partial charge in [-0.2, -0.15) is 5.26 Å². The molecule has 2 aromatic rings. The Morgan fingerprint density at radius 2 is 1.96 bits per heavy atom. The van der Waals surface area contributed by atoms with E-state index in [2.05, 4.69) is 10.3 Å². The highest BCUT2D eigenvalue weighted by Crippen LogP contribution is 2.15. The smallest absolute Gasteiger partial charge is 0.223 e. The summed E-state index contributed by atoms with van der Waals surface area (Å²) in [5.41, 5.74) is 1.97. The van der Waals surface area contributed by atoms with Crippen LogP contribution in [0, 0.1) is 11.3 Å². The van der Waals surface area contributed by atoms with Crippen LogP contribution < -0.4 is 10.2 Å². The number of nitriles is 1. The molecule has 2 rings (SSSR count). The normalized spacial score (nSPS) is 9.83. The Labute approximate surface area is 140 Å². The van der Waals surface area contributed by atoms with Gasteiger partial charge in [-0.3, -0.25) is 14.6 Å². The van der Waals surface area contributed by atoms with Crippen molar-refractivity contribution in [2.75, 3.05) is 11.4 Å². The lowest BCUT2D eigenvalue weighted by atomic mass is 10.2. The van der Waals surface area contributed by atoms with Gasteiger partial charge in [0, 0.05) is 31.8 Å². The topological polar surface area (TPSA) is 86.1 Å². The molecule has 0 atom stereocenters. The summed E-state index contributed by atoms with van der Waals surface area (Å²) in [5.74, 6) is -0.308. The van der Waals surface area contributed by atoms with Crippen molar-refractivity contribution in [2.45, 2.75) is 19.9 Å². The van der Waals surface area contributed by atoms with E-state index in [1.54, 1.807) is 30.5 Å². The minimum atomic E-state index is -0.155. The number of benzene rings is 1. The number of nitrogens with zero attached hydrogens (tertiary/aromatic N) is 3. The highest BCUT2D eigenvalue weighted by Gasteiger charge is 2.13. The van der Waals surface area contributed by atoms with Crippen LogP contribution in [0.2, 0.25) is 0 Å². The number of rotatable bonds is 6. The third kappa shape index (κ3) is 4.92. The Morgan fingerprint density at radius 3 is 2.54 bits per heavy atom. The quantitative estimate of drug-likeness (QED) is 0.881. The molecule has 1 N–H and O–H groups in total. The number of carbonyl (C=O) groups is 2. The maximum absolute atomic E-state index is 12.0. The van der Waals surface area contributed by atoms with Crippen LogP contribution in [0.1, 0.15) is 24.6 Å². The Morgan fingerprint density at radius 1 is 1.21 bits per heavy atom. The standard InChI is InChI=1S/C18H18N4O2/c1-14(23)22(17-7-5-15(12-19)6-8-17)11-9-18(24)21-13-16-4-2-3-10-20-16/h2-8,10H,9,11,13H2,1H3,(H,21,24). The van der Waals surface area contributed by atoms with Gasteiger partial charge in [-0.15, -0.1) is 0 Å². The first kappa shape index (κ1) is 17.2. The summed E-state index contributed by atoms with van der Waals surface area (Å²) in [6.45, 7) is 2.08. The summed E-state index contributed by atoms with van der Waals surface area (Å²) >= 11 is 0. The van der Waals surface area contributed by atoms with E-state index in [0.717, 1.165) is 5.69 Å². The Balaban J connectivity index is 1.90. The van der Waals surface area contributed by atoms with E-state index < -0.39 is 0 Å². The number of pyridine rings is 1. The molecule has 0 saturated carbocycles. The molecule has 1 aromatic heterocycles. The summed E-state index contributed by atoms with van der Waals surface area (Å²) in [5, 5.41) is 11.6. The predicted molar refractivity (Wildman–Crippen MR) is 89.9 cm³/mol. The molecular formula is C18H18N4O2. The lowest BCUT2D eigenvalue weighted by Crippen LogP contribution is -2.33. The highest BCUT2D eigenvalue weighted by atomic mass is 16.2. The van der Waals surface area contributed by atoms with Gasteiger partial charge < -0.3 is 10.2 Å². The molecule has 0 aliphatic heterocycles. The van der Waals surface area contributed by atoms with Crippen molar-refractivity contribution < 1.29 is 9.59 Å². The molecule has 0 aliphatic carbocycles. The van der Waals surface area contributed by atoms with Gasteiger partial charge in [-0.05, 0) is 36.4 Å². The lowest BCUT2D eigenvalue weighted by Gasteiger charge is -2.21. The SMILES string of the molecule is CC(=O)N(CCC(=O)NCc1ccccn1)c1ccc(C#N)cc1. The van der Waals surface area contributed by atoms with Crippen molar-refractivity contribution in [3.8, 4) is 6.07 Å². The second kappa shape index (κ2) is 8.44. The van der Waals surface area contributed by atoms with Crippen molar-refractivity contribution in [1.29, 1.82) is 5.26 Å². The maximum Gasteiger partial charge on any atom is 0.223 e. The zero-order valence-electron chi connectivity index (χ0n) is 13.4. The van der Waals surface area contributed by atoms with E-state index in [9.17, 15) is 9.59 Å². The van der Waals surface area contributed by atoms with Gasteiger partial charge in [-0.1, -0.05) is 6.07 Å². The van der Waals surface area contributed by atoms with Gasteiger partial charge in [-0.25, -0.2) is 0 Å². The van der Waals surface area contributed by atoms with Gasteiger partial charge in [0.05, 0.1) is 23.9 Å². The second-order valence-electron chi connectivity index (χ2n) is 5.18. The fourth-order valence-corrected chi connectivity index (χ4v) is 2.18. The van der Waals surface area contributed by atoms with Crippen LogP contribution in [0.5, 0.6) is 0 Å². The fraction of sp³-hybridized carbons (Fsp3) is 0.222. The molecule has 0 radical (unpaired) electrons. The number of amides is 2. The first-order chi connectivity index (χ1) is 11.6. The molecule has 0 spiro atoms. The summed E-state index contributed by atoms with van der Waals surface area (Å²) in [6, 6.07) is 14.2. The maximum atomic E-state index is 12.0. The molecule has 24 heavy (non-hydrogen) atoms. The van der Waals surface area contributed by atoms with Gasteiger partial charge in [0.1, 0.15) is 0 Å². The van der Waals surface area contributed by atoms with Gasteiger partial charge >= 0.3 is 0 Å². The summed E-state index contributed by atoms with van der Waals surface area (Å²) < 4.78 is 0. The van der Waals surface area contributed by atoms with Crippen molar-refractivity contribution in [1.82, 2.24) is 10.3 Å². The zero-order valence-corrected chi connectivity index (χ0v) is 13.4. The fourth-order valence-electron chi connectivity index (χ4n) is 2.18. The molecule has 122 valence electrons. The number of hydrogen-bond donors (Lipinski definition) is 1. The van der Waals surface area contributed by atoms with Crippen molar-refractivity contribution in [2.24, 2.45) is 0 Å². The van der Waals surface area contributed by atoms with E-state index >= 15 is 0 Å². The predicted octanol–water partition coefficient (Wildman–Crippen LogP) is 2.01. The van der Waals surface area contributed by atoms with Crippen molar-refractivity contribution >= 4 is 17.5 Å². The van der Waals surface area contributed by atoms with Crippen LogP contribution in [0.25, 0.3) is 0 Å². The van der Waals surface area contributed by atoms with E-state index in [0.29, 0.717) is 17.8 Å². The Hall–Kier alpha value is -3.20.